The molecule has 7 nitrogen and oxygen atoms in total. The number of hydrogen-bond acceptors (Lipinski definition) is 3. The molecule has 1 aliphatic rings. The third-order valence-electron chi connectivity index (χ3n) is 6.98. The van der Waals surface area contributed by atoms with Gasteiger partial charge < -0.3 is 30.5 Å². The third-order valence-corrected chi connectivity index (χ3v) is 6.98. The Hall–Kier alpha value is -3.42. The second-order valence-electron chi connectivity index (χ2n) is 9.22. The number of fused-ring (bicyclic) bond motifs is 10. The minimum absolute atomic E-state index is 0. The van der Waals surface area contributed by atoms with Gasteiger partial charge in [0.15, 0.2) is 22.1 Å². The van der Waals surface area contributed by atoms with Gasteiger partial charge in [-0.2, -0.15) is 8.80 Å². The van der Waals surface area contributed by atoms with Gasteiger partial charge in [0.2, 0.25) is 0 Å². The molecule has 0 saturated carbocycles. The third kappa shape index (κ3) is 3.04. The van der Waals surface area contributed by atoms with Crippen molar-refractivity contribution in [1.29, 1.82) is 0 Å². The smallest absolute Gasteiger partial charge is 0.370 e. The second-order valence-corrected chi connectivity index (χ2v) is 9.22. The predicted molar refractivity (Wildman–Crippen MR) is 132 cm³/mol. The van der Waals surface area contributed by atoms with Crippen LogP contribution in [0, 0.1) is 0 Å². The fraction of sp³-hybridized carbons (Fsp3) is 0.231. The Morgan fingerprint density at radius 3 is 2.09 bits per heavy atom. The number of nitrogen functional groups attached to an aromatic ring is 1. The molecule has 0 spiro atoms. The summed E-state index contributed by atoms with van der Waals surface area (Å²) in [7, 11) is 4.20. The van der Waals surface area contributed by atoms with Crippen LogP contribution in [-0.2, 0) is 0 Å². The SMILES string of the molecule is CN(C)c1n2c3cc(N)ccc3n3c(N4CCCC4)[n+]4ccccc4c3c2c2cccc[n+]12.[Cl-].[Cl-]. The minimum atomic E-state index is 0. The van der Waals surface area contributed by atoms with E-state index in [1.807, 2.05) is 6.07 Å². The van der Waals surface area contributed by atoms with Crippen LogP contribution in [0.25, 0.3) is 33.1 Å². The molecule has 35 heavy (non-hydrogen) atoms. The largest absolute Gasteiger partial charge is 1.00 e. The summed E-state index contributed by atoms with van der Waals surface area (Å²) in [4.78, 5) is 4.70. The van der Waals surface area contributed by atoms with Gasteiger partial charge in [0.1, 0.15) is 11.0 Å². The summed E-state index contributed by atoms with van der Waals surface area (Å²) in [6.45, 7) is 2.15. The Morgan fingerprint density at radius 2 is 1.40 bits per heavy atom. The van der Waals surface area contributed by atoms with E-state index in [-0.39, 0.29) is 24.8 Å². The molecule has 9 heteroatoms. The second kappa shape index (κ2) is 8.36. The van der Waals surface area contributed by atoms with Crippen molar-refractivity contribution in [2.75, 3.05) is 42.7 Å². The fourth-order valence-corrected chi connectivity index (χ4v) is 5.71. The number of hydrogen-bond donors (Lipinski definition) is 1. The molecule has 1 aromatic carbocycles. The van der Waals surface area contributed by atoms with Gasteiger partial charge in [-0.1, -0.05) is 12.1 Å². The molecule has 6 heterocycles. The zero-order valence-corrected chi connectivity index (χ0v) is 21.2. The molecular weight excluding hydrogens is 481 g/mol. The molecule has 0 amide bonds. The summed E-state index contributed by atoms with van der Waals surface area (Å²) in [6, 6.07) is 19.2. The van der Waals surface area contributed by atoms with E-state index in [2.05, 4.69) is 102 Å². The lowest BCUT2D eigenvalue weighted by molar-refractivity contribution is -0.497. The van der Waals surface area contributed by atoms with Crippen LogP contribution in [0.4, 0.5) is 17.6 Å². The Kier molecular flexibility index (Phi) is 5.57. The number of nitrogens with two attached hydrogens (primary N) is 1. The van der Waals surface area contributed by atoms with Crippen LogP contribution >= 0.6 is 0 Å². The molecule has 6 aromatic rings. The molecule has 0 radical (unpaired) electrons. The number of pyridine rings is 2. The van der Waals surface area contributed by atoms with E-state index in [0.29, 0.717) is 0 Å². The molecular formula is C26H27Cl2N7. The Labute approximate surface area is 215 Å². The summed E-state index contributed by atoms with van der Waals surface area (Å²) >= 11 is 0. The highest BCUT2D eigenvalue weighted by molar-refractivity contribution is 6.04. The van der Waals surface area contributed by atoms with Crippen LogP contribution in [0.2, 0.25) is 0 Å². The topological polar surface area (TPSA) is 49.5 Å². The van der Waals surface area contributed by atoms with Crippen molar-refractivity contribution in [2.45, 2.75) is 12.8 Å². The van der Waals surface area contributed by atoms with E-state index in [4.69, 9.17) is 5.73 Å². The lowest BCUT2D eigenvalue weighted by atomic mass is 10.2. The first-order valence-electron chi connectivity index (χ1n) is 11.6. The molecule has 2 N–H and O–H groups in total. The zero-order valence-electron chi connectivity index (χ0n) is 19.7. The van der Waals surface area contributed by atoms with Gasteiger partial charge in [0.05, 0.1) is 39.6 Å². The average molecular weight is 508 g/mol. The number of halogens is 2. The van der Waals surface area contributed by atoms with E-state index >= 15 is 0 Å². The summed E-state index contributed by atoms with van der Waals surface area (Å²) in [5, 5.41) is 0. The summed E-state index contributed by atoms with van der Waals surface area (Å²) in [5.74, 6) is 2.31. The zero-order chi connectivity index (χ0) is 22.3. The molecule has 1 aliphatic heterocycles. The average Bonchev–Trinajstić information content (AvgIpc) is 3.53. The van der Waals surface area contributed by atoms with Crippen LogP contribution in [0.1, 0.15) is 12.8 Å². The minimum Gasteiger partial charge on any atom is -1.00 e. The number of aromatic nitrogens is 4. The summed E-state index contributed by atoms with van der Waals surface area (Å²) in [6.07, 6.45) is 6.79. The van der Waals surface area contributed by atoms with Crippen molar-refractivity contribution in [3.63, 3.8) is 0 Å². The first-order chi connectivity index (χ1) is 16.1. The van der Waals surface area contributed by atoms with Crippen molar-refractivity contribution in [2.24, 2.45) is 0 Å². The van der Waals surface area contributed by atoms with Gasteiger partial charge >= 0.3 is 11.9 Å². The van der Waals surface area contributed by atoms with Gasteiger partial charge in [0.25, 0.3) is 0 Å². The maximum atomic E-state index is 6.36. The molecule has 1 fully saturated rings. The highest BCUT2D eigenvalue weighted by Gasteiger charge is 2.35. The van der Waals surface area contributed by atoms with E-state index in [0.717, 1.165) is 35.8 Å². The van der Waals surface area contributed by atoms with E-state index in [1.165, 1.54) is 40.9 Å². The predicted octanol–water partition coefficient (Wildman–Crippen LogP) is -2.92. The Morgan fingerprint density at radius 1 is 0.771 bits per heavy atom. The maximum Gasteiger partial charge on any atom is 0.370 e. The van der Waals surface area contributed by atoms with Crippen LogP contribution < -0.4 is 49.1 Å². The molecule has 0 unspecified atom stereocenters. The standard InChI is InChI=1S/C26H27N7.2ClH/c1-28(2)25-30-15-5-3-9-20(30)24-23-21-10-4-6-16-31(21)26(29-13-7-8-14-29)32(23)19-12-11-18(27)17-22(19)33(24)25;;/h3-6,9-12,15-17H,7-8,13-14,27H2,1-2H3;2*1H/q+2;;/p-2. The number of anilines is 3. The van der Waals surface area contributed by atoms with Gasteiger partial charge in [-0.05, 0) is 49.2 Å². The first-order valence-corrected chi connectivity index (χ1v) is 11.6. The molecule has 0 bridgehead atoms. The Balaban J connectivity index is 0.00000127. The van der Waals surface area contributed by atoms with Crippen LogP contribution in [0.15, 0.2) is 67.0 Å². The van der Waals surface area contributed by atoms with E-state index in [9.17, 15) is 0 Å². The molecule has 5 aromatic heterocycles. The van der Waals surface area contributed by atoms with Crippen LogP contribution in [0.3, 0.4) is 0 Å². The van der Waals surface area contributed by atoms with Crippen molar-refractivity contribution in [3.8, 4) is 0 Å². The number of nitrogens with zero attached hydrogens (tertiary/aromatic N) is 6. The van der Waals surface area contributed by atoms with Crippen molar-refractivity contribution in [1.82, 2.24) is 8.80 Å². The van der Waals surface area contributed by atoms with Crippen molar-refractivity contribution < 1.29 is 33.6 Å². The summed E-state index contributed by atoms with van der Waals surface area (Å²) < 4.78 is 9.46. The lowest BCUT2D eigenvalue weighted by Crippen LogP contribution is -3.00. The quantitative estimate of drug-likeness (QED) is 0.202. The van der Waals surface area contributed by atoms with Gasteiger partial charge in [-0.25, -0.2) is 8.80 Å². The van der Waals surface area contributed by atoms with E-state index < -0.39 is 0 Å². The fourth-order valence-electron chi connectivity index (χ4n) is 5.71. The van der Waals surface area contributed by atoms with Crippen LogP contribution in [-0.4, -0.2) is 36.0 Å². The molecule has 0 aliphatic carbocycles. The molecule has 1 saturated heterocycles. The summed E-state index contributed by atoms with van der Waals surface area (Å²) in [5.41, 5.74) is 14.2. The van der Waals surface area contributed by atoms with E-state index in [1.54, 1.807) is 0 Å². The highest BCUT2D eigenvalue weighted by atomic mass is 35.5. The molecule has 7 rings (SSSR count). The van der Waals surface area contributed by atoms with Crippen LogP contribution in [0.5, 0.6) is 0 Å². The molecule has 0 atom stereocenters. The molecule has 180 valence electrons. The Bertz CT molecular complexity index is 1730. The number of rotatable bonds is 2. The van der Waals surface area contributed by atoms with Gasteiger partial charge in [0, 0.05) is 11.8 Å². The normalized spacial score (nSPS) is 13.7. The highest BCUT2D eigenvalue weighted by Crippen LogP contribution is 2.35. The van der Waals surface area contributed by atoms with Gasteiger partial charge in [-0.15, -0.1) is 0 Å². The number of imidazole rings is 2. The van der Waals surface area contributed by atoms with Crippen molar-refractivity contribution in [3.05, 3.63) is 67.0 Å². The van der Waals surface area contributed by atoms with Gasteiger partial charge in [-0.3, -0.25) is 9.80 Å². The maximum absolute atomic E-state index is 6.36. The van der Waals surface area contributed by atoms with Crippen molar-refractivity contribution >= 4 is 50.7 Å². The number of benzene rings is 1. The first kappa shape index (κ1) is 23.3. The lowest BCUT2D eigenvalue weighted by Gasteiger charge is -2.11. The monoisotopic (exact) mass is 507 g/mol.